The first-order chi connectivity index (χ1) is 8.10. The Morgan fingerprint density at radius 1 is 1.29 bits per heavy atom. The molecule has 0 aromatic rings. The van der Waals surface area contributed by atoms with Gasteiger partial charge in [0.2, 0.25) is 10.0 Å². The van der Waals surface area contributed by atoms with Crippen molar-refractivity contribution in [2.45, 2.75) is 18.9 Å². The summed E-state index contributed by atoms with van der Waals surface area (Å²) in [7, 11) is -1.66. The molecular weight excluding hydrogens is 266 g/mol. The molecule has 0 saturated carbocycles. The second-order valence-corrected chi connectivity index (χ2v) is 6.43. The summed E-state index contributed by atoms with van der Waals surface area (Å²) in [6.45, 7) is 1.83. The van der Waals surface area contributed by atoms with E-state index in [1.165, 1.54) is 11.4 Å². The van der Waals surface area contributed by atoms with Crippen LogP contribution in [0.4, 0.5) is 0 Å². The summed E-state index contributed by atoms with van der Waals surface area (Å²) >= 11 is 5.53. The van der Waals surface area contributed by atoms with Crippen molar-refractivity contribution in [2.24, 2.45) is 0 Å². The minimum atomic E-state index is -3.16. The Kier molecular flexibility index (Phi) is 6.72. The van der Waals surface area contributed by atoms with Gasteiger partial charge in [-0.1, -0.05) is 0 Å². The van der Waals surface area contributed by atoms with Gasteiger partial charge in [-0.2, -0.15) is 0 Å². The van der Waals surface area contributed by atoms with Crippen LogP contribution in [0.25, 0.3) is 0 Å². The van der Waals surface area contributed by atoms with E-state index in [0.717, 1.165) is 12.8 Å². The van der Waals surface area contributed by atoms with Crippen LogP contribution >= 0.6 is 11.6 Å². The lowest BCUT2D eigenvalue weighted by Crippen LogP contribution is -2.42. The van der Waals surface area contributed by atoms with Gasteiger partial charge in [0, 0.05) is 26.1 Å². The molecule has 1 fully saturated rings. The van der Waals surface area contributed by atoms with Crippen LogP contribution in [0.15, 0.2) is 0 Å². The highest BCUT2D eigenvalue weighted by molar-refractivity contribution is 7.89. The fraction of sp³-hybridized carbons (Fsp3) is 1.00. The number of rotatable bonds is 7. The first-order valence-electron chi connectivity index (χ1n) is 5.74. The van der Waals surface area contributed by atoms with Crippen molar-refractivity contribution in [2.75, 3.05) is 45.0 Å². The van der Waals surface area contributed by atoms with E-state index in [1.807, 2.05) is 0 Å². The minimum Gasteiger partial charge on any atom is -0.384 e. The Hall–Kier alpha value is 0.120. The molecule has 0 amide bonds. The van der Waals surface area contributed by atoms with Crippen molar-refractivity contribution in [1.82, 2.24) is 4.31 Å². The molecule has 0 aliphatic carbocycles. The molecule has 0 aromatic heterocycles. The number of halogens is 1. The van der Waals surface area contributed by atoms with Crippen molar-refractivity contribution in [3.05, 3.63) is 0 Å². The van der Waals surface area contributed by atoms with E-state index in [4.69, 9.17) is 21.1 Å². The van der Waals surface area contributed by atoms with Gasteiger partial charge in [0.1, 0.15) is 0 Å². The van der Waals surface area contributed by atoms with E-state index < -0.39 is 10.0 Å². The highest BCUT2D eigenvalue weighted by Gasteiger charge is 2.27. The van der Waals surface area contributed by atoms with Crippen molar-refractivity contribution in [3.8, 4) is 0 Å². The fourth-order valence-electron chi connectivity index (χ4n) is 1.81. The monoisotopic (exact) mass is 285 g/mol. The van der Waals surface area contributed by atoms with E-state index in [0.29, 0.717) is 25.6 Å². The molecule has 1 saturated heterocycles. The predicted octanol–water partition coefficient (Wildman–Crippen LogP) is 0.682. The van der Waals surface area contributed by atoms with E-state index in [9.17, 15) is 8.42 Å². The standard InChI is InChI=1S/C10H20ClNO4S/c1-15-8-9-17(13,14)12-5-2-10(3-6-12)16-7-4-11/h10H,2-9H2,1H3. The zero-order chi connectivity index (χ0) is 12.7. The number of hydrogen-bond donors (Lipinski definition) is 0. The highest BCUT2D eigenvalue weighted by Crippen LogP contribution is 2.17. The van der Waals surface area contributed by atoms with Crippen LogP contribution in [0.1, 0.15) is 12.8 Å². The fourth-order valence-corrected chi connectivity index (χ4v) is 3.30. The summed E-state index contributed by atoms with van der Waals surface area (Å²) in [5.74, 6) is 0.531. The minimum absolute atomic E-state index is 0.0523. The quantitative estimate of drug-likeness (QED) is 0.646. The Labute approximate surface area is 108 Å². The van der Waals surface area contributed by atoms with Crippen LogP contribution in [0.5, 0.6) is 0 Å². The number of ether oxygens (including phenoxy) is 2. The van der Waals surface area contributed by atoms with Gasteiger partial charge in [-0.25, -0.2) is 12.7 Å². The molecule has 1 aliphatic heterocycles. The summed E-state index contributed by atoms with van der Waals surface area (Å²) < 4.78 is 35.5. The first-order valence-corrected chi connectivity index (χ1v) is 7.89. The smallest absolute Gasteiger partial charge is 0.216 e. The third kappa shape index (κ3) is 5.09. The van der Waals surface area contributed by atoms with Crippen molar-refractivity contribution < 1.29 is 17.9 Å². The van der Waals surface area contributed by atoms with E-state index in [1.54, 1.807) is 0 Å². The number of methoxy groups -OCH3 is 1. The molecule has 0 N–H and O–H groups in total. The molecule has 7 heteroatoms. The molecule has 102 valence electrons. The molecule has 0 unspecified atom stereocenters. The molecular formula is C10H20ClNO4S. The summed E-state index contributed by atoms with van der Waals surface area (Å²) in [6, 6.07) is 0. The van der Waals surface area contributed by atoms with Crippen molar-refractivity contribution >= 4 is 21.6 Å². The van der Waals surface area contributed by atoms with Gasteiger partial charge < -0.3 is 9.47 Å². The van der Waals surface area contributed by atoms with Gasteiger partial charge in [-0.3, -0.25) is 0 Å². The molecule has 0 radical (unpaired) electrons. The lowest BCUT2D eigenvalue weighted by molar-refractivity contribution is 0.0300. The Morgan fingerprint density at radius 3 is 2.47 bits per heavy atom. The number of hydrogen-bond acceptors (Lipinski definition) is 4. The number of alkyl halides is 1. The molecule has 0 bridgehead atoms. The van der Waals surface area contributed by atoms with Crippen LogP contribution in [0.2, 0.25) is 0 Å². The zero-order valence-corrected chi connectivity index (χ0v) is 11.7. The van der Waals surface area contributed by atoms with Crippen LogP contribution in [0, 0.1) is 0 Å². The second kappa shape index (κ2) is 7.53. The van der Waals surface area contributed by atoms with Gasteiger partial charge in [0.05, 0.1) is 25.1 Å². The molecule has 0 spiro atoms. The summed E-state index contributed by atoms with van der Waals surface area (Å²) in [5.41, 5.74) is 0. The molecule has 17 heavy (non-hydrogen) atoms. The maximum atomic E-state index is 11.8. The summed E-state index contributed by atoms with van der Waals surface area (Å²) in [4.78, 5) is 0. The van der Waals surface area contributed by atoms with Crippen molar-refractivity contribution in [3.63, 3.8) is 0 Å². The van der Waals surface area contributed by atoms with E-state index >= 15 is 0 Å². The molecule has 0 aromatic carbocycles. The van der Waals surface area contributed by atoms with E-state index in [2.05, 4.69) is 0 Å². The third-order valence-corrected chi connectivity index (χ3v) is 4.76. The van der Waals surface area contributed by atoms with Crippen LogP contribution in [-0.4, -0.2) is 63.9 Å². The van der Waals surface area contributed by atoms with Crippen molar-refractivity contribution in [1.29, 1.82) is 0 Å². The Bertz CT molecular complexity index is 301. The zero-order valence-electron chi connectivity index (χ0n) is 10.1. The maximum Gasteiger partial charge on any atom is 0.216 e. The normalized spacial score (nSPS) is 19.6. The topological polar surface area (TPSA) is 55.8 Å². The van der Waals surface area contributed by atoms with Gasteiger partial charge in [-0.05, 0) is 12.8 Å². The van der Waals surface area contributed by atoms with Crippen LogP contribution in [-0.2, 0) is 19.5 Å². The summed E-state index contributed by atoms with van der Waals surface area (Å²) in [6.07, 6.45) is 1.62. The SMILES string of the molecule is COCCS(=O)(=O)N1CCC(OCCCl)CC1. The van der Waals surface area contributed by atoms with Gasteiger partial charge >= 0.3 is 0 Å². The predicted molar refractivity (Wildman–Crippen MR) is 66.9 cm³/mol. The van der Waals surface area contributed by atoms with Crippen LogP contribution < -0.4 is 0 Å². The van der Waals surface area contributed by atoms with Gasteiger partial charge in [0.15, 0.2) is 0 Å². The Morgan fingerprint density at radius 2 is 1.94 bits per heavy atom. The number of sulfonamides is 1. The van der Waals surface area contributed by atoms with Crippen LogP contribution in [0.3, 0.4) is 0 Å². The number of piperidine rings is 1. The lowest BCUT2D eigenvalue weighted by Gasteiger charge is -2.31. The maximum absolute atomic E-state index is 11.8. The lowest BCUT2D eigenvalue weighted by atomic mass is 10.1. The molecule has 1 aliphatic rings. The Balaban J connectivity index is 2.35. The number of nitrogens with zero attached hydrogens (tertiary/aromatic N) is 1. The first kappa shape index (κ1) is 15.2. The van der Waals surface area contributed by atoms with Gasteiger partial charge in [-0.15, -0.1) is 11.6 Å². The molecule has 1 rings (SSSR count). The average Bonchev–Trinajstić information content (AvgIpc) is 2.34. The second-order valence-electron chi connectivity index (χ2n) is 3.97. The van der Waals surface area contributed by atoms with E-state index in [-0.39, 0.29) is 18.5 Å². The largest absolute Gasteiger partial charge is 0.384 e. The average molecular weight is 286 g/mol. The molecule has 0 atom stereocenters. The molecule has 5 nitrogen and oxygen atoms in total. The summed E-state index contributed by atoms with van der Waals surface area (Å²) in [5, 5.41) is 0. The van der Waals surface area contributed by atoms with Gasteiger partial charge in [0.25, 0.3) is 0 Å². The highest BCUT2D eigenvalue weighted by atomic mass is 35.5. The molecule has 1 heterocycles. The third-order valence-electron chi connectivity index (χ3n) is 2.77.